The lowest BCUT2D eigenvalue weighted by Gasteiger charge is -2.16. The molecular weight excluding hydrogens is 358 g/mol. The molecule has 0 spiro atoms. The number of hydrogen-bond donors (Lipinski definition) is 0. The molecular formula is C18H18BrNO3. The molecule has 0 radical (unpaired) electrons. The summed E-state index contributed by atoms with van der Waals surface area (Å²) >= 11 is 3.49. The Bertz CT molecular complexity index is 760. The van der Waals surface area contributed by atoms with Crippen molar-refractivity contribution in [3.8, 4) is 11.5 Å². The monoisotopic (exact) mass is 375 g/mol. The van der Waals surface area contributed by atoms with E-state index in [1.54, 1.807) is 19.1 Å². The lowest BCUT2D eigenvalue weighted by molar-refractivity contribution is -0.119. The molecule has 4 nitrogen and oxygen atoms in total. The van der Waals surface area contributed by atoms with E-state index in [-0.39, 0.29) is 11.8 Å². The second-order valence-corrected chi connectivity index (χ2v) is 6.43. The van der Waals surface area contributed by atoms with Crippen LogP contribution in [0.3, 0.4) is 0 Å². The highest BCUT2D eigenvalue weighted by Gasteiger charge is 2.35. The van der Waals surface area contributed by atoms with Crippen LogP contribution in [0.2, 0.25) is 0 Å². The van der Waals surface area contributed by atoms with Crippen molar-refractivity contribution >= 4 is 27.5 Å². The number of para-hydroxylation sites is 1. The molecule has 0 aliphatic carbocycles. The van der Waals surface area contributed by atoms with Gasteiger partial charge in [0, 0.05) is 22.8 Å². The van der Waals surface area contributed by atoms with Gasteiger partial charge in [-0.3, -0.25) is 4.79 Å². The molecule has 0 unspecified atom stereocenters. The van der Waals surface area contributed by atoms with Crippen molar-refractivity contribution in [3.05, 3.63) is 52.0 Å². The van der Waals surface area contributed by atoms with Crippen LogP contribution < -0.4 is 14.4 Å². The fraction of sp³-hybridized carbons (Fsp3) is 0.278. The first kappa shape index (κ1) is 15.9. The van der Waals surface area contributed by atoms with E-state index in [4.69, 9.17) is 9.47 Å². The second-order valence-electron chi connectivity index (χ2n) is 5.51. The lowest BCUT2D eigenvalue weighted by atomic mass is 9.92. The molecule has 1 amide bonds. The number of rotatable bonds is 4. The third-order valence-electron chi connectivity index (χ3n) is 4.25. The molecule has 1 aliphatic heterocycles. The van der Waals surface area contributed by atoms with Gasteiger partial charge < -0.3 is 14.4 Å². The molecule has 0 fully saturated rings. The van der Waals surface area contributed by atoms with E-state index in [0.29, 0.717) is 17.9 Å². The first-order valence-electron chi connectivity index (χ1n) is 7.33. The minimum atomic E-state index is -0.205. The number of benzene rings is 2. The topological polar surface area (TPSA) is 38.8 Å². The zero-order valence-corrected chi connectivity index (χ0v) is 14.9. The molecule has 23 heavy (non-hydrogen) atoms. The third-order valence-corrected chi connectivity index (χ3v) is 4.70. The van der Waals surface area contributed by atoms with E-state index >= 15 is 0 Å². The standard InChI is InChI=1S/C18H18BrNO3/c1-20-15-7-5-4-6-13(15)14(18(20)21)9-11-8-12(19)10-16(22-2)17(11)23-3/h4-8,10,14H,9H2,1-3H3/t14-/m0/s1. The molecule has 1 heterocycles. The van der Waals surface area contributed by atoms with Crippen LogP contribution in [0.25, 0.3) is 0 Å². The van der Waals surface area contributed by atoms with Crippen molar-refractivity contribution in [2.45, 2.75) is 12.3 Å². The summed E-state index contributed by atoms with van der Waals surface area (Å²) < 4.78 is 11.8. The maximum atomic E-state index is 12.6. The summed E-state index contributed by atoms with van der Waals surface area (Å²) in [5, 5.41) is 0. The van der Waals surface area contributed by atoms with Gasteiger partial charge in [-0.15, -0.1) is 0 Å². The summed E-state index contributed by atoms with van der Waals surface area (Å²) in [6.07, 6.45) is 0.569. The van der Waals surface area contributed by atoms with Crippen LogP contribution in [-0.4, -0.2) is 27.2 Å². The first-order chi connectivity index (χ1) is 11.1. The molecule has 120 valence electrons. The van der Waals surface area contributed by atoms with Crippen LogP contribution in [0, 0.1) is 0 Å². The van der Waals surface area contributed by atoms with Gasteiger partial charge in [0.2, 0.25) is 5.91 Å². The van der Waals surface area contributed by atoms with Gasteiger partial charge in [-0.2, -0.15) is 0 Å². The van der Waals surface area contributed by atoms with Gasteiger partial charge in [0.1, 0.15) is 0 Å². The number of nitrogens with zero attached hydrogens (tertiary/aromatic N) is 1. The van der Waals surface area contributed by atoms with Gasteiger partial charge in [0.05, 0.1) is 20.1 Å². The summed E-state index contributed by atoms with van der Waals surface area (Å²) in [5.41, 5.74) is 2.98. The molecule has 0 bridgehead atoms. The average Bonchev–Trinajstić information content (AvgIpc) is 2.80. The van der Waals surface area contributed by atoms with E-state index < -0.39 is 0 Å². The quantitative estimate of drug-likeness (QED) is 0.816. The molecule has 3 rings (SSSR count). The minimum absolute atomic E-state index is 0.104. The van der Waals surface area contributed by atoms with Crippen molar-refractivity contribution in [3.63, 3.8) is 0 Å². The fourth-order valence-electron chi connectivity index (χ4n) is 3.15. The van der Waals surface area contributed by atoms with Crippen molar-refractivity contribution in [2.75, 3.05) is 26.2 Å². The number of anilines is 1. The number of carbonyl (C=O) groups is 1. The SMILES string of the molecule is COc1cc(Br)cc(C[C@@H]2C(=O)N(C)c3ccccc32)c1OC. The number of methoxy groups -OCH3 is 2. The summed E-state index contributed by atoms with van der Waals surface area (Å²) in [5.74, 6) is 1.23. The average molecular weight is 376 g/mol. The molecule has 2 aromatic rings. The van der Waals surface area contributed by atoms with Gasteiger partial charge in [0.25, 0.3) is 0 Å². The summed E-state index contributed by atoms with van der Waals surface area (Å²) in [4.78, 5) is 14.4. The first-order valence-corrected chi connectivity index (χ1v) is 8.13. The summed E-state index contributed by atoms with van der Waals surface area (Å²) in [6, 6.07) is 11.8. The number of halogens is 1. The van der Waals surface area contributed by atoms with Gasteiger partial charge in [-0.05, 0) is 30.2 Å². The highest BCUT2D eigenvalue weighted by Crippen LogP contribution is 2.42. The van der Waals surface area contributed by atoms with Crippen LogP contribution in [0.4, 0.5) is 5.69 Å². The van der Waals surface area contributed by atoms with E-state index in [0.717, 1.165) is 21.3 Å². The number of likely N-dealkylation sites (N-methyl/N-ethyl adjacent to an activating group) is 1. The van der Waals surface area contributed by atoms with Gasteiger partial charge >= 0.3 is 0 Å². The third kappa shape index (κ3) is 2.70. The zero-order valence-electron chi connectivity index (χ0n) is 13.3. The van der Waals surface area contributed by atoms with Gasteiger partial charge in [-0.25, -0.2) is 0 Å². The highest BCUT2D eigenvalue weighted by molar-refractivity contribution is 9.10. The van der Waals surface area contributed by atoms with E-state index in [1.165, 1.54) is 0 Å². The van der Waals surface area contributed by atoms with Crippen LogP contribution in [-0.2, 0) is 11.2 Å². The molecule has 1 atom stereocenters. The van der Waals surface area contributed by atoms with Crippen LogP contribution in [0.15, 0.2) is 40.9 Å². The zero-order chi connectivity index (χ0) is 16.6. The second kappa shape index (κ2) is 6.24. The molecule has 1 aliphatic rings. The molecule has 0 saturated heterocycles. The number of carbonyl (C=O) groups excluding carboxylic acids is 1. The smallest absolute Gasteiger partial charge is 0.234 e. The fourth-order valence-corrected chi connectivity index (χ4v) is 3.63. The van der Waals surface area contributed by atoms with Gasteiger partial charge in [-0.1, -0.05) is 34.1 Å². The molecule has 0 aromatic heterocycles. The normalized spacial score (nSPS) is 16.4. The van der Waals surface area contributed by atoms with Crippen LogP contribution in [0.1, 0.15) is 17.0 Å². The Kier molecular flexibility index (Phi) is 4.31. The number of fused-ring (bicyclic) bond motifs is 1. The Morgan fingerprint density at radius 3 is 2.61 bits per heavy atom. The van der Waals surface area contributed by atoms with Crippen molar-refractivity contribution in [2.24, 2.45) is 0 Å². The number of amides is 1. The Morgan fingerprint density at radius 1 is 1.17 bits per heavy atom. The predicted molar refractivity (Wildman–Crippen MR) is 93.5 cm³/mol. The van der Waals surface area contributed by atoms with E-state index in [1.807, 2.05) is 43.4 Å². The molecule has 5 heteroatoms. The molecule has 0 saturated carbocycles. The maximum absolute atomic E-state index is 12.6. The van der Waals surface area contributed by atoms with E-state index in [9.17, 15) is 4.79 Å². The Hall–Kier alpha value is -2.01. The number of ether oxygens (including phenoxy) is 2. The lowest BCUT2D eigenvalue weighted by Crippen LogP contribution is -2.25. The van der Waals surface area contributed by atoms with Crippen molar-refractivity contribution in [1.29, 1.82) is 0 Å². The van der Waals surface area contributed by atoms with Gasteiger partial charge in [0.15, 0.2) is 11.5 Å². The van der Waals surface area contributed by atoms with E-state index in [2.05, 4.69) is 15.9 Å². The summed E-state index contributed by atoms with van der Waals surface area (Å²) in [6.45, 7) is 0. The largest absolute Gasteiger partial charge is 0.493 e. The van der Waals surface area contributed by atoms with Crippen LogP contribution >= 0.6 is 15.9 Å². The van der Waals surface area contributed by atoms with Crippen molar-refractivity contribution < 1.29 is 14.3 Å². The Labute approximate surface area is 144 Å². The predicted octanol–water partition coefficient (Wildman–Crippen LogP) is 3.77. The molecule has 2 aromatic carbocycles. The van der Waals surface area contributed by atoms with Crippen LogP contribution in [0.5, 0.6) is 11.5 Å². The highest BCUT2D eigenvalue weighted by atomic mass is 79.9. The number of hydrogen-bond acceptors (Lipinski definition) is 3. The Balaban J connectivity index is 2.03. The Morgan fingerprint density at radius 2 is 1.91 bits per heavy atom. The maximum Gasteiger partial charge on any atom is 0.234 e. The van der Waals surface area contributed by atoms with Crippen molar-refractivity contribution in [1.82, 2.24) is 0 Å². The molecule has 0 N–H and O–H groups in total. The summed E-state index contributed by atoms with van der Waals surface area (Å²) in [7, 11) is 5.05. The minimum Gasteiger partial charge on any atom is -0.493 e.